The minimum Gasteiger partial charge on any atom is -0.365 e. The predicted octanol–water partition coefficient (Wildman–Crippen LogP) is 3.03. The standard InChI is InChI=1S/C25H24N6O2S/c1-30-6-8-31(9-7-30)23-12-16(4-5-27-23)21(32)13-20-11-19-10-17(2-3-18(19)14-28-20)25-29-15-22(34-25)24(26)33/h2-5,10-12,14-15H,6-9,13H2,1H3,(H2,26,33). The van der Waals surface area contributed by atoms with Crippen molar-refractivity contribution >= 4 is 39.6 Å². The van der Waals surface area contributed by atoms with Gasteiger partial charge in [-0.05, 0) is 36.7 Å². The lowest BCUT2D eigenvalue weighted by molar-refractivity contribution is 0.0987. The number of aromatic nitrogens is 3. The van der Waals surface area contributed by atoms with Crippen molar-refractivity contribution in [3.63, 3.8) is 0 Å². The third-order valence-electron chi connectivity index (χ3n) is 6.01. The number of carbonyl (C=O) groups excluding carboxylic acids is 2. The van der Waals surface area contributed by atoms with Gasteiger partial charge in [-0.3, -0.25) is 14.6 Å². The SMILES string of the molecule is CN1CCN(c2cc(C(=O)Cc3cc4cc(-c5ncc(C(N)=O)s5)ccc4cn3)ccn2)CC1. The molecule has 4 heterocycles. The molecule has 1 saturated heterocycles. The second-order valence-electron chi connectivity index (χ2n) is 8.42. The molecule has 34 heavy (non-hydrogen) atoms. The molecule has 8 nitrogen and oxygen atoms in total. The maximum Gasteiger partial charge on any atom is 0.260 e. The molecule has 172 valence electrons. The summed E-state index contributed by atoms with van der Waals surface area (Å²) in [6.07, 6.45) is 5.18. The summed E-state index contributed by atoms with van der Waals surface area (Å²) >= 11 is 1.26. The highest BCUT2D eigenvalue weighted by atomic mass is 32.1. The van der Waals surface area contributed by atoms with E-state index in [4.69, 9.17) is 5.73 Å². The number of fused-ring (bicyclic) bond motifs is 1. The van der Waals surface area contributed by atoms with Gasteiger partial charge in [0.1, 0.15) is 15.7 Å². The predicted molar refractivity (Wildman–Crippen MR) is 133 cm³/mol. The Morgan fingerprint density at radius 3 is 2.56 bits per heavy atom. The molecule has 1 aromatic carbocycles. The molecule has 0 radical (unpaired) electrons. The normalized spacial score (nSPS) is 14.4. The van der Waals surface area contributed by atoms with Gasteiger partial charge in [0.15, 0.2) is 5.78 Å². The zero-order valence-corrected chi connectivity index (χ0v) is 19.6. The summed E-state index contributed by atoms with van der Waals surface area (Å²) in [7, 11) is 2.11. The fourth-order valence-electron chi connectivity index (χ4n) is 4.00. The number of carbonyl (C=O) groups is 2. The summed E-state index contributed by atoms with van der Waals surface area (Å²) in [5, 5.41) is 2.64. The van der Waals surface area contributed by atoms with Gasteiger partial charge in [-0.25, -0.2) is 9.97 Å². The molecule has 4 aromatic rings. The van der Waals surface area contributed by atoms with E-state index in [1.165, 1.54) is 17.5 Å². The van der Waals surface area contributed by atoms with E-state index in [-0.39, 0.29) is 12.2 Å². The molecule has 0 aliphatic carbocycles. The lowest BCUT2D eigenvalue weighted by atomic mass is 10.0. The van der Waals surface area contributed by atoms with E-state index in [0.717, 1.165) is 53.3 Å². The van der Waals surface area contributed by atoms with Gasteiger partial charge in [0.05, 0.1) is 12.6 Å². The third kappa shape index (κ3) is 4.66. The molecule has 1 fully saturated rings. The Labute approximate surface area is 201 Å². The zero-order valence-electron chi connectivity index (χ0n) is 18.8. The first-order chi connectivity index (χ1) is 16.5. The lowest BCUT2D eigenvalue weighted by Crippen LogP contribution is -2.44. The molecule has 1 aliphatic heterocycles. The monoisotopic (exact) mass is 472 g/mol. The number of benzene rings is 1. The van der Waals surface area contributed by atoms with Crippen LogP contribution in [0.5, 0.6) is 0 Å². The van der Waals surface area contributed by atoms with E-state index in [0.29, 0.717) is 16.1 Å². The number of anilines is 1. The van der Waals surface area contributed by atoms with Crippen molar-refractivity contribution in [2.45, 2.75) is 6.42 Å². The van der Waals surface area contributed by atoms with Crippen molar-refractivity contribution in [1.82, 2.24) is 19.9 Å². The maximum absolute atomic E-state index is 13.0. The van der Waals surface area contributed by atoms with Crippen molar-refractivity contribution < 1.29 is 9.59 Å². The van der Waals surface area contributed by atoms with Crippen LogP contribution in [0.15, 0.2) is 55.0 Å². The van der Waals surface area contributed by atoms with Crippen LogP contribution in [0.25, 0.3) is 21.3 Å². The van der Waals surface area contributed by atoms with Gasteiger partial charge in [-0.2, -0.15) is 0 Å². The minimum absolute atomic E-state index is 0.00630. The first-order valence-electron chi connectivity index (χ1n) is 11.0. The van der Waals surface area contributed by atoms with Crippen LogP contribution in [0, 0.1) is 0 Å². The first kappa shape index (κ1) is 22.1. The van der Waals surface area contributed by atoms with Gasteiger partial charge < -0.3 is 15.5 Å². The summed E-state index contributed by atoms with van der Waals surface area (Å²) in [6, 6.07) is 11.5. The molecular formula is C25H24N6O2S. The molecule has 9 heteroatoms. The largest absolute Gasteiger partial charge is 0.365 e. The van der Waals surface area contributed by atoms with E-state index >= 15 is 0 Å². The lowest BCUT2D eigenvalue weighted by Gasteiger charge is -2.33. The molecule has 0 atom stereocenters. The smallest absolute Gasteiger partial charge is 0.260 e. The molecule has 0 spiro atoms. The Kier molecular flexibility index (Phi) is 6.04. The van der Waals surface area contributed by atoms with E-state index in [9.17, 15) is 9.59 Å². The number of amides is 1. The highest BCUT2D eigenvalue weighted by Crippen LogP contribution is 2.28. The molecule has 2 N–H and O–H groups in total. The highest BCUT2D eigenvalue weighted by molar-refractivity contribution is 7.16. The van der Waals surface area contributed by atoms with Gasteiger partial charge in [-0.15, -0.1) is 11.3 Å². The van der Waals surface area contributed by atoms with Crippen LogP contribution < -0.4 is 10.6 Å². The Hall–Kier alpha value is -3.69. The number of rotatable bonds is 6. The molecule has 0 bridgehead atoms. The number of hydrogen-bond donors (Lipinski definition) is 1. The highest BCUT2D eigenvalue weighted by Gasteiger charge is 2.17. The topological polar surface area (TPSA) is 105 Å². The number of pyridine rings is 2. The average molecular weight is 473 g/mol. The summed E-state index contributed by atoms with van der Waals surface area (Å²) in [4.78, 5) is 42.6. The van der Waals surface area contributed by atoms with Crippen LogP contribution in [0.3, 0.4) is 0 Å². The number of nitrogens with zero attached hydrogens (tertiary/aromatic N) is 5. The molecule has 1 aliphatic rings. The van der Waals surface area contributed by atoms with Crippen LogP contribution in [-0.2, 0) is 6.42 Å². The summed E-state index contributed by atoms with van der Waals surface area (Å²) in [5.41, 5.74) is 7.58. The average Bonchev–Trinajstić information content (AvgIpc) is 3.35. The molecule has 5 rings (SSSR count). The number of primary amides is 1. The van der Waals surface area contributed by atoms with Crippen LogP contribution in [0.2, 0.25) is 0 Å². The molecular weight excluding hydrogens is 448 g/mol. The van der Waals surface area contributed by atoms with Crippen LogP contribution in [0.1, 0.15) is 25.7 Å². The van der Waals surface area contributed by atoms with Crippen molar-refractivity contribution in [3.8, 4) is 10.6 Å². The Bertz CT molecular complexity index is 1380. The molecule has 3 aromatic heterocycles. The Balaban J connectivity index is 1.35. The zero-order chi connectivity index (χ0) is 23.7. The first-order valence-corrected chi connectivity index (χ1v) is 11.9. The Morgan fingerprint density at radius 2 is 1.79 bits per heavy atom. The number of hydrogen-bond acceptors (Lipinski definition) is 8. The molecule has 1 amide bonds. The van der Waals surface area contributed by atoms with E-state index in [1.54, 1.807) is 18.5 Å². The van der Waals surface area contributed by atoms with Gasteiger partial charge >= 0.3 is 0 Å². The van der Waals surface area contributed by atoms with Crippen LogP contribution >= 0.6 is 11.3 Å². The van der Waals surface area contributed by atoms with Crippen molar-refractivity contribution in [3.05, 3.63) is 71.1 Å². The quantitative estimate of drug-likeness (QED) is 0.430. The molecule has 0 saturated carbocycles. The van der Waals surface area contributed by atoms with Gasteiger partial charge in [0.2, 0.25) is 0 Å². The summed E-state index contributed by atoms with van der Waals surface area (Å²) in [6.45, 7) is 3.76. The van der Waals surface area contributed by atoms with E-state index < -0.39 is 5.91 Å². The second kappa shape index (κ2) is 9.28. The fraction of sp³-hybridized carbons (Fsp3) is 0.240. The van der Waals surface area contributed by atoms with Crippen LogP contribution in [0.4, 0.5) is 5.82 Å². The Morgan fingerprint density at radius 1 is 0.971 bits per heavy atom. The minimum atomic E-state index is -0.485. The number of piperazine rings is 1. The van der Waals surface area contributed by atoms with Crippen molar-refractivity contribution in [2.75, 3.05) is 38.1 Å². The van der Waals surface area contributed by atoms with E-state index in [1.807, 2.05) is 30.3 Å². The molecule has 0 unspecified atom stereocenters. The summed E-state index contributed by atoms with van der Waals surface area (Å²) < 4.78 is 0. The third-order valence-corrected chi connectivity index (χ3v) is 7.07. The van der Waals surface area contributed by atoms with Crippen LogP contribution in [-0.4, -0.2) is 64.8 Å². The van der Waals surface area contributed by atoms with Gasteiger partial charge in [0, 0.05) is 60.8 Å². The van der Waals surface area contributed by atoms with Gasteiger partial charge in [-0.1, -0.05) is 12.1 Å². The summed E-state index contributed by atoms with van der Waals surface area (Å²) in [5.74, 6) is 0.363. The number of thiazole rings is 1. The number of ketones is 1. The van der Waals surface area contributed by atoms with Crippen molar-refractivity contribution in [2.24, 2.45) is 5.73 Å². The fourth-order valence-corrected chi connectivity index (χ4v) is 4.77. The van der Waals surface area contributed by atoms with Gasteiger partial charge in [0.25, 0.3) is 5.91 Å². The van der Waals surface area contributed by atoms with Crippen molar-refractivity contribution in [1.29, 1.82) is 0 Å². The maximum atomic E-state index is 13.0. The second-order valence-corrected chi connectivity index (χ2v) is 9.46. The number of Topliss-reactive ketones (excluding diaryl/α,β-unsaturated/α-hetero) is 1. The van der Waals surface area contributed by atoms with E-state index in [2.05, 4.69) is 31.8 Å². The number of nitrogens with two attached hydrogens (primary N) is 1. The number of likely N-dealkylation sites (N-methyl/N-ethyl adjacent to an activating group) is 1.